The molecular weight excluding hydrogens is 389 g/mol. The summed E-state index contributed by atoms with van der Waals surface area (Å²) in [5, 5.41) is 7.89. The summed E-state index contributed by atoms with van der Waals surface area (Å²) in [6, 6.07) is 10.0. The van der Waals surface area contributed by atoms with Crippen molar-refractivity contribution in [3.8, 4) is 0 Å². The summed E-state index contributed by atoms with van der Waals surface area (Å²) in [6.07, 6.45) is 4.66. The van der Waals surface area contributed by atoms with Gasteiger partial charge in [0, 0.05) is 35.3 Å². The fraction of sp³-hybridized carbons (Fsp3) is 0.105. The van der Waals surface area contributed by atoms with Gasteiger partial charge in [0.2, 0.25) is 5.91 Å². The maximum Gasteiger partial charge on any atom is 0.249 e. The molecule has 0 aliphatic heterocycles. The fourth-order valence-electron chi connectivity index (χ4n) is 2.30. The van der Waals surface area contributed by atoms with Gasteiger partial charge in [0.25, 0.3) is 0 Å². The number of amides is 1. The predicted molar refractivity (Wildman–Crippen MR) is 104 cm³/mol. The van der Waals surface area contributed by atoms with Crippen molar-refractivity contribution in [2.75, 3.05) is 5.32 Å². The lowest BCUT2D eigenvalue weighted by atomic mass is 10.2. The number of nitrogens with one attached hydrogen (secondary N) is 1. The number of ketones is 1. The summed E-state index contributed by atoms with van der Waals surface area (Å²) in [7, 11) is 0. The normalized spacial score (nSPS) is 11.1. The monoisotopic (exact) mass is 403 g/mol. The molecule has 0 unspecified atom stereocenters. The van der Waals surface area contributed by atoms with Crippen molar-refractivity contribution < 1.29 is 14.0 Å². The Morgan fingerprint density at radius 1 is 1.22 bits per heavy atom. The third kappa shape index (κ3) is 5.09. The first-order valence-electron chi connectivity index (χ1n) is 7.98. The minimum absolute atomic E-state index is 0.137. The minimum Gasteiger partial charge on any atom is -0.456 e. The van der Waals surface area contributed by atoms with Crippen molar-refractivity contribution in [2.45, 2.75) is 13.5 Å². The average Bonchev–Trinajstić information content (AvgIpc) is 3.24. The number of benzene rings is 1. The maximum atomic E-state index is 12.0. The zero-order valence-electron chi connectivity index (χ0n) is 14.3. The Bertz CT molecular complexity index is 1020. The van der Waals surface area contributed by atoms with Gasteiger partial charge in [-0.15, -0.1) is 0 Å². The second-order valence-electron chi connectivity index (χ2n) is 5.71. The lowest BCUT2D eigenvalue weighted by Crippen LogP contribution is -2.09. The zero-order chi connectivity index (χ0) is 19.4. The predicted octanol–water partition coefficient (Wildman–Crippen LogP) is 4.69. The number of furan rings is 1. The van der Waals surface area contributed by atoms with Crippen molar-refractivity contribution in [3.05, 3.63) is 75.8 Å². The third-order valence-corrected chi connectivity index (χ3v) is 4.16. The highest BCUT2D eigenvalue weighted by atomic mass is 35.5. The van der Waals surface area contributed by atoms with Gasteiger partial charge >= 0.3 is 0 Å². The highest BCUT2D eigenvalue weighted by Crippen LogP contribution is 2.22. The molecule has 2 heterocycles. The summed E-state index contributed by atoms with van der Waals surface area (Å²) < 4.78 is 7.01. The number of hydrogen-bond donors (Lipinski definition) is 1. The standard InChI is InChI=1S/C19H15Cl2N3O3/c1-12(25)17-6-5-15(27-17)11-24-9-8-18(23-24)22-19(26)7-3-13-2-4-14(20)10-16(13)21/h2-10H,11H2,1H3,(H,22,23,26)/b7-3+. The Balaban J connectivity index is 1.60. The van der Waals surface area contributed by atoms with E-state index in [1.54, 1.807) is 53.4 Å². The van der Waals surface area contributed by atoms with E-state index in [0.717, 1.165) is 0 Å². The lowest BCUT2D eigenvalue weighted by molar-refractivity contribution is -0.111. The van der Waals surface area contributed by atoms with E-state index >= 15 is 0 Å². The molecule has 3 aromatic rings. The first-order chi connectivity index (χ1) is 12.9. The van der Waals surface area contributed by atoms with Crippen LogP contribution in [0.25, 0.3) is 6.08 Å². The van der Waals surface area contributed by atoms with Gasteiger partial charge in [-0.25, -0.2) is 0 Å². The van der Waals surface area contributed by atoms with E-state index in [9.17, 15) is 9.59 Å². The van der Waals surface area contributed by atoms with Gasteiger partial charge in [-0.3, -0.25) is 14.3 Å². The SMILES string of the molecule is CC(=O)c1ccc(Cn2ccc(NC(=O)/C=C/c3ccc(Cl)cc3Cl)n2)o1. The summed E-state index contributed by atoms with van der Waals surface area (Å²) in [5.74, 6) is 0.811. The van der Waals surface area contributed by atoms with Crippen LogP contribution in [0.15, 0.2) is 53.1 Å². The Hall–Kier alpha value is -2.83. The van der Waals surface area contributed by atoms with E-state index in [1.165, 1.54) is 13.0 Å². The third-order valence-electron chi connectivity index (χ3n) is 3.60. The summed E-state index contributed by atoms with van der Waals surface area (Å²) in [6.45, 7) is 1.79. The van der Waals surface area contributed by atoms with E-state index in [-0.39, 0.29) is 11.7 Å². The number of rotatable bonds is 6. The summed E-state index contributed by atoms with van der Waals surface area (Å²) in [4.78, 5) is 23.3. The second-order valence-corrected chi connectivity index (χ2v) is 6.55. The molecule has 0 radical (unpaired) electrons. The smallest absolute Gasteiger partial charge is 0.249 e. The molecule has 0 fully saturated rings. The number of carbonyl (C=O) groups is 2. The quantitative estimate of drug-likeness (QED) is 0.478. The van der Waals surface area contributed by atoms with Crippen molar-refractivity contribution in [3.63, 3.8) is 0 Å². The Labute approximate surface area is 165 Å². The molecule has 2 aromatic heterocycles. The van der Waals surface area contributed by atoms with Crippen LogP contribution in [0.5, 0.6) is 0 Å². The molecule has 0 saturated carbocycles. The maximum absolute atomic E-state index is 12.0. The van der Waals surface area contributed by atoms with Crippen LogP contribution in [-0.4, -0.2) is 21.5 Å². The first-order valence-corrected chi connectivity index (χ1v) is 8.73. The largest absolute Gasteiger partial charge is 0.456 e. The zero-order valence-corrected chi connectivity index (χ0v) is 15.8. The van der Waals surface area contributed by atoms with Crippen molar-refractivity contribution in [1.29, 1.82) is 0 Å². The van der Waals surface area contributed by atoms with Gasteiger partial charge in [-0.1, -0.05) is 29.3 Å². The molecule has 0 aliphatic rings. The Morgan fingerprint density at radius 2 is 2.04 bits per heavy atom. The average molecular weight is 404 g/mol. The van der Waals surface area contributed by atoms with Crippen LogP contribution in [0.1, 0.15) is 28.8 Å². The van der Waals surface area contributed by atoms with E-state index < -0.39 is 0 Å². The van der Waals surface area contributed by atoms with Crippen LogP contribution < -0.4 is 5.32 Å². The molecule has 0 saturated heterocycles. The van der Waals surface area contributed by atoms with Crippen LogP contribution in [0.3, 0.4) is 0 Å². The van der Waals surface area contributed by atoms with Gasteiger partial charge in [-0.2, -0.15) is 5.10 Å². The number of halogens is 2. The molecule has 8 heteroatoms. The van der Waals surface area contributed by atoms with E-state index in [2.05, 4.69) is 10.4 Å². The number of hydrogen-bond acceptors (Lipinski definition) is 4. The Kier molecular flexibility index (Phi) is 5.78. The molecule has 0 aliphatic carbocycles. The van der Waals surface area contributed by atoms with Gasteiger partial charge < -0.3 is 9.73 Å². The van der Waals surface area contributed by atoms with Crippen LogP contribution in [0.2, 0.25) is 10.0 Å². The van der Waals surface area contributed by atoms with Crippen LogP contribution in [0, 0.1) is 0 Å². The fourth-order valence-corrected chi connectivity index (χ4v) is 2.77. The van der Waals surface area contributed by atoms with Crippen molar-refractivity contribution >= 4 is 46.8 Å². The number of Topliss-reactive ketones (excluding diaryl/α,β-unsaturated/α-hetero) is 1. The molecule has 0 spiro atoms. The van der Waals surface area contributed by atoms with E-state index in [1.807, 2.05) is 0 Å². The van der Waals surface area contributed by atoms with Gasteiger partial charge in [-0.05, 0) is 35.9 Å². The number of nitrogens with zero attached hydrogens (tertiary/aromatic N) is 2. The van der Waals surface area contributed by atoms with Crippen LogP contribution >= 0.6 is 23.2 Å². The summed E-state index contributed by atoms with van der Waals surface area (Å²) in [5.41, 5.74) is 0.681. The topological polar surface area (TPSA) is 77.1 Å². The van der Waals surface area contributed by atoms with Crippen LogP contribution in [0.4, 0.5) is 5.82 Å². The van der Waals surface area contributed by atoms with Gasteiger partial charge in [0.15, 0.2) is 17.4 Å². The van der Waals surface area contributed by atoms with Crippen LogP contribution in [-0.2, 0) is 11.3 Å². The Morgan fingerprint density at radius 3 is 2.74 bits per heavy atom. The van der Waals surface area contributed by atoms with Crippen molar-refractivity contribution in [1.82, 2.24) is 9.78 Å². The minimum atomic E-state index is -0.344. The van der Waals surface area contributed by atoms with Gasteiger partial charge in [0.05, 0.1) is 6.54 Å². The van der Waals surface area contributed by atoms with Crippen molar-refractivity contribution in [2.24, 2.45) is 0 Å². The van der Waals surface area contributed by atoms with E-state index in [0.29, 0.717) is 39.5 Å². The van der Waals surface area contributed by atoms with Gasteiger partial charge in [0.1, 0.15) is 5.76 Å². The molecule has 138 valence electrons. The number of aromatic nitrogens is 2. The molecule has 6 nitrogen and oxygen atoms in total. The summed E-state index contributed by atoms with van der Waals surface area (Å²) >= 11 is 11.9. The highest BCUT2D eigenvalue weighted by molar-refractivity contribution is 6.35. The molecule has 1 aromatic carbocycles. The first kappa shape index (κ1) is 18.9. The molecular formula is C19H15Cl2N3O3. The second kappa shape index (κ2) is 8.24. The number of carbonyl (C=O) groups excluding carboxylic acids is 2. The highest BCUT2D eigenvalue weighted by Gasteiger charge is 2.08. The lowest BCUT2D eigenvalue weighted by Gasteiger charge is -2.00. The molecule has 27 heavy (non-hydrogen) atoms. The molecule has 0 atom stereocenters. The molecule has 1 N–H and O–H groups in total. The van der Waals surface area contributed by atoms with E-state index in [4.69, 9.17) is 27.6 Å². The number of anilines is 1. The molecule has 0 bridgehead atoms. The molecule has 1 amide bonds. The molecule has 3 rings (SSSR count).